The molecule has 1 N–H and O–H groups in total. The van der Waals surface area contributed by atoms with Gasteiger partial charge in [0.2, 0.25) is 5.88 Å². The Kier molecular flexibility index (Phi) is 4.35. The number of halogens is 1. The predicted octanol–water partition coefficient (Wildman–Crippen LogP) is 1.95. The van der Waals surface area contributed by atoms with E-state index in [1.807, 2.05) is 14.0 Å². The highest BCUT2D eigenvalue weighted by Crippen LogP contribution is 2.31. The average molecular weight is 387 g/mol. The van der Waals surface area contributed by atoms with Crippen LogP contribution in [0.4, 0.5) is 5.69 Å². The van der Waals surface area contributed by atoms with E-state index in [0.29, 0.717) is 29.7 Å². The molecule has 1 saturated heterocycles. The van der Waals surface area contributed by atoms with E-state index in [9.17, 15) is 4.79 Å². The molecule has 1 amide bonds. The van der Waals surface area contributed by atoms with Crippen LogP contribution in [0, 0.1) is 6.92 Å². The highest BCUT2D eigenvalue weighted by Gasteiger charge is 2.30. The number of carbonyl (C=O) groups is 1. The Morgan fingerprint density at radius 1 is 1.30 bits per heavy atom. The summed E-state index contributed by atoms with van der Waals surface area (Å²) in [5.74, 6) is 0.314. The van der Waals surface area contributed by atoms with E-state index in [1.54, 1.807) is 36.3 Å². The van der Waals surface area contributed by atoms with Crippen molar-refractivity contribution in [2.75, 3.05) is 25.1 Å². The van der Waals surface area contributed by atoms with E-state index in [-0.39, 0.29) is 11.9 Å². The SMILES string of the molecule is COc1cc(N2CC(NC(=O)c3cc4c(C)n(C)nc4cn3)C2)c(Cl)cn1. The van der Waals surface area contributed by atoms with Crippen molar-refractivity contribution in [3.05, 3.63) is 40.9 Å². The number of pyridine rings is 2. The number of fused-ring (bicyclic) bond motifs is 1. The molecule has 1 fully saturated rings. The number of hydrogen-bond donors (Lipinski definition) is 1. The van der Waals surface area contributed by atoms with Crippen molar-refractivity contribution >= 4 is 34.1 Å². The molecule has 3 aromatic rings. The summed E-state index contributed by atoms with van der Waals surface area (Å²) in [5, 5.41) is 8.86. The predicted molar refractivity (Wildman–Crippen MR) is 103 cm³/mol. The Morgan fingerprint density at radius 2 is 2.07 bits per heavy atom. The normalized spacial score (nSPS) is 14.3. The molecule has 0 aliphatic carbocycles. The highest BCUT2D eigenvalue weighted by atomic mass is 35.5. The van der Waals surface area contributed by atoms with Crippen LogP contribution in [0.15, 0.2) is 24.5 Å². The van der Waals surface area contributed by atoms with Gasteiger partial charge in [0.15, 0.2) is 0 Å². The van der Waals surface area contributed by atoms with Crippen LogP contribution in [-0.2, 0) is 7.05 Å². The Bertz CT molecular complexity index is 1030. The van der Waals surface area contributed by atoms with E-state index in [0.717, 1.165) is 22.3 Å². The number of ether oxygens (including phenoxy) is 1. The maximum atomic E-state index is 12.5. The van der Waals surface area contributed by atoms with Gasteiger partial charge in [-0.15, -0.1) is 0 Å². The van der Waals surface area contributed by atoms with Gasteiger partial charge in [-0.3, -0.25) is 9.48 Å². The van der Waals surface area contributed by atoms with Crippen molar-refractivity contribution < 1.29 is 9.53 Å². The number of methoxy groups -OCH3 is 1. The maximum absolute atomic E-state index is 12.5. The summed E-state index contributed by atoms with van der Waals surface area (Å²) in [4.78, 5) is 22.9. The molecule has 3 aromatic heterocycles. The van der Waals surface area contributed by atoms with E-state index in [1.165, 1.54) is 0 Å². The topological polar surface area (TPSA) is 85.2 Å². The first-order chi connectivity index (χ1) is 13.0. The second kappa shape index (κ2) is 6.70. The van der Waals surface area contributed by atoms with E-state index >= 15 is 0 Å². The fourth-order valence-corrected chi connectivity index (χ4v) is 3.37. The molecule has 0 atom stereocenters. The summed E-state index contributed by atoms with van der Waals surface area (Å²) in [6.45, 7) is 3.28. The van der Waals surface area contributed by atoms with Crippen LogP contribution in [0.1, 0.15) is 16.2 Å². The molecule has 9 heteroatoms. The molecule has 4 heterocycles. The third-order valence-electron chi connectivity index (χ3n) is 4.83. The molecule has 0 saturated carbocycles. The summed E-state index contributed by atoms with van der Waals surface area (Å²) in [5.41, 5.74) is 3.01. The number of amides is 1. The zero-order valence-electron chi connectivity index (χ0n) is 15.2. The lowest BCUT2D eigenvalue weighted by Gasteiger charge is -2.41. The fourth-order valence-electron chi connectivity index (χ4n) is 3.14. The molecule has 4 rings (SSSR count). The van der Waals surface area contributed by atoms with Gasteiger partial charge in [-0.2, -0.15) is 5.10 Å². The molecular weight excluding hydrogens is 368 g/mol. The van der Waals surface area contributed by atoms with Gasteiger partial charge in [-0.05, 0) is 13.0 Å². The molecule has 0 aromatic carbocycles. The van der Waals surface area contributed by atoms with Crippen molar-refractivity contribution in [3.63, 3.8) is 0 Å². The zero-order valence-corrected chi connectivity index (χ0v) is 16.0. The van der Waals surface area contributed by atoms with Crippen LogP contribution < -0.4 is 15.0 Å². The van der Waals surface area contributed by atoms with Crippen LogP contribution >= 0.6 is 11.6 Å². The first-order valence-electron chi connectivity index (χ1n) is 8.51. The van der Waals surface area contributed by atoms with Crippen LogP contribution in [0.3, 0.4) is 0 Å². The van der Waals surface area contributed by atoms with Crippen LogP contribution in [0.5, 0.6) is 5.88 Å². The minimum absolute atomic E-state index is 0.0280. The number of anilines is 1. The van der Waals surface area contributed by atoms with Crippen molar-refractivity contribution in [2.45, 2.75) is 13.0 Å². The van der Waals surface area contributed by atoms with Gasteiger partial charge in [0.25, 0.3) is 5.91 Å². The third-order valence-corrected chi connectivity index (χ3v) is 5.12. The number of nitrogens with one attached hydrogen (secondary N) is 1. The lowest BCUT2D eigenvalue weighted by atomic mass is 10.1. The van der Waals surface area contributed by atoms with E-state index in [4.69, 9.17) is 16.3 Å². The monoisotopic (exact) mass is 386 g/mol. The lowest BCUT2D eigenvalue weighted by molar-refractivity contribution is 0.0925. The van der Waals surface area contributed by atoms with E-state index < -0.39 is 0 Å². The number of nitrogens with zero attached hydrogens (tertiary/aromatic N) is 5. The molecule has 27 heavy (non-hydrogen) atoms. The smallest absolute Gasteiger partial charge is 0.270 e. The number of aryl methyl sites for hydroxylation is 2. The number of hydrogen-bond acceptors (Lipinski definition) is 6. The van der Waals surface area contributed by atoms with Crippen molar-refractivity contribution in [1.82, 2.24) is 25.1 Å². The first-order valence-corrected chi connectivity index (χ1v) is 8.88. The minimum atomic E-state index is -0.191. The van der Waals surface area contributed by atoms with Gasteiger partial charge < -0.3 is 15.0 Å². The van der Waals surface area contributed by atoms with Gasteiger partial charge in [0.05, 0.1) is 36.3 Å². The lowest BCUT2D eigenvalue weighted by Crippen LogP contribution is -2.59. The summed E-state index contributed by atoms with van der Waals surface area (Å²) in [7, 11) is 3.43. The van der Waals surface area contributed by atoms with Gasteiger partial charge in [-0.1, -0.05) is 11.6 Å². The summed E-state index contributed by atoms with van der Waals surface area (Å²) in [6.07, 6.45) is 3.20. The Morgan fingerprint density at radius 3 is 2.81 bits per heavy atom. The van der Waals surface area contributed by atoms with Gasteiger partial charge >= 0.3 is 0 Å². The van der Waals surface area contributed by atoms with Crippen LogP contribution in [-0.4, -0.2) is 51.9 Å². The maximum Gasteiger partial charge on any atom is 0.270 e. The second-order valence-corrected chi connectivity index (χ2v) is 6.96. The molecular formula is C18H19ClN6O2. The van der Waals surface area contributed by atoms with Crippen molar-refractivity contribution in [1.29, 1.82) is 0 Å². The number of carbonyl (C=O) groups excluding carboxylic acids is 1. The van der Waals surface area contributed by atoms with Crippen LogP contribution in [0.25, 0.3) is 10.9 Å². The standard InChI is InChI=1S/C18H19ClN6O2/c1-10-12-4-14(20-7-15(12)23-24(10)2)18(26)22-11-8-25(9-11)16-5-17(27-3)21-6-13(16)19/h4-7,11H,8-9H2,1-3H3,(H,22,26). The molecule has 1 aliphatic heterocycles. The largest absolute Gasteiger partial charge is 0.481 e. The zero-order chi connectivity index (χ0) is 19.1. The highest BCUT2D eigenvalue weighted by molar-refractivity contribution is 6.33. The van der Waals surface area contributed by atoms with Crippen molar-refractivity contribution in [3.8, 4) is 5.88 Å². The summed E-state index contributed by atoms with van der Waals surface area (Å²) in [6, 6.07) is 3.61. The summed E-state index contributed by atoms with van der Waals surface area (Å²) >= 11 is 6.22. The fraction of sp³-hybridized carbons (Fsp3) is 0.333. The second-order valence-electron chi connectivity index (χ2n) is 6.55. The number of aromatic nitrogens is 4. The Hall–Kier alpha value is -2.87. The van der Waals surface area contributed by atoms with Gasteiger partial charge in [0, 0.05) is 37.3 Å². The van der Waals surface area contributed by atoms with Gasteiger partial charge in [-0.25, -0.2) is 9.97 Å². The molecule has 1 aliphatic rings. The quantitative estimate of drug-likeness (QED) is 0.737. The molecule has 0 bridgehead atoms. The van der Waals surface area contributed by atoms with Crippen molar-refractivity contribution in [2.24, 2.45) is 7.05 Å². The molecule has 0 unspecified atom stereocenters. The molecule has 140 valence electrons. The minimum Gasteiger partial charge on any atom is -0.481 e. The molecule has 0 radical (unpaired) electrons. The molecule has 0 spiro atoms. The first kappa shape index (κ1) is 17.5. The average Bonchev–Trinajstić information content (AvgIpc) is 2.92. The summed E-state index contributed by atoms with van der Waals surface area (Å²) < 4.78 is 6.93. The van der Waals surface area contributed by atoms with Crippen LogP contribution in [0.2, 0.25) is 5.02 Å². The van der Waals surface area contributed by atoms with E-state index in [2.05, 4.69) is 25.3 Å². The third kappa shape index (κ3) is 3.16. The number of rotatable bonds is 4. The van der Waals surface area contributed by atoms with Gasteiger partial charge in [0.1, 0.15) is 11.2 Å². The Labute approximate surface area is 161 Å². The Balaban J connectivity index is 1.43. The molecule has 8 nitrogen and oxygen atoms in total.